The van der Waals surface area contributed by atoms with Crippen LogP contribution in [0.2, 0.25) is 0 Å². The molecule has 0 spiro atoms. The molecule has 1 fully saturated rings. The first-order chi connectivity index (χ1) is 12.4. The van der Waals surface area contributed by atoms with Crippen molar-refractivity contribution in [1.82, 2.24) is 9.30 Å². The molecule has 1 saturated heterocycles. The van der Waals surface area contributed by atoms with Crippen LogP contribution in [-0.2, 0) is 22.7 Å². The molecule has 2 aliphatic rings. The lowest BCUT2D eigenvalue weighted by atomic mass is 10.0. The molecule has 1 amide bonds. The fourth-order valence-corrected chi connectivity index (χ4v) is 4.85. The number of aryl methyl sites for hydroxylation is 1. The molecule has 2 atom stereocenters. The summed E-state index contributed by atoms with van der Waals surface area (Å²) >= 11 is 1.47. The van der Waals surface area contributed by atoms with E-state index in [9.17, 15) is 19.8 Å². The number of carboxylic acids is 1. The van der Waals surface area contributed by atoms with E-state index in [4.69, 9.17) is 5.73 Å². The zero-order valence-corrected chi connectivity index (χ0v) is 17.6. The topological polar surface area (TPSA) is 115 Å². The van der Waals surface area contributed by atoms with Crippen molar-refractivity contribution in [2.24, 2.45) is 5.73 Å². The Hall–Kier alpha value is -1.63. The Morgan fingerprint density at radius 2 is 2.22 bits per heavy atom. The number of hydrogen-bond acceptors (Lipinski definition) is 6. The van der Waals surface area contributed by atoms with Gasteiger partial charge < -0.3 is 25.1 Å². The number of aliphatic hydroxyl groups excluding tert-OH is 1. The van der Waals surface area contributed by atoms with Gasteiger partial charge >= 0.3 is 0 Å². The highest BCUT2D eigenvalue weighted by molar-refractivity contribution is 14.0. The number of halogens is 1. The molecule has 2 aliphatic heterocycles. The molecule has 10 heteroatoms. The lowest BCUT2D eigenvalue weighted by Gasteiger charge is -2.49. The highest BCUT2D eigenvalue weighted by Crippen LogP contribution is 2.39. The summed E-state index contributed by atoms with van der Waals surface area (Å²) in [5.41, 5.74) is 8.96. The highest BCUT2D eigenvalue weighted by atomic mass is 127. The van der Waals surface area contributed by atoms with Crippen LogP contribution in [0.5, 0.6) is 0 Å². The largest absolute Gasteiger partial charge is 0.543 e. The Labute approximate surface area is 176 Å². The molecule has 2 aromatic heterocycles. The van der Waals surface area contributed by atoms with Crippen LogP contribution < -0.4 is 15.4 Å². The summed E-state index contributed by atoms with van der Waals surface area (Å²) in [5, 5.41) is 20.7. The molecular formula is C17H19IN4O4S. The van der Waals surface area contributed by atoms with Crippen molar-refractivity contribution in [2.45, 2.75) is 31.5 Å². The fourth-order valence-electron chi connectivity index (χ4n) is 3.56. The molecule has 0 bridgehead atoms. The quantitative estimate of drug-likeness (QED) is 0.312. The van der Waals surface area contributed by atoms with Gasteiger partial charge in [-0.2, -0.15) is 4.57 Å². The molecule has 0 saturated carbocycles. The Kier molecular flexibility index (Phi) is 5.52. The number of thioether (sulfide) groups is 1. The molecule has 8 nitrogen and oxygen atoms in total. The highest BCUT2D eigenvalue weighted by Gasteiger charge is 2.50. The molecule has 4 heterocycles. The molecule has 0 radical (unpaired) electrons. The maximum absolute atomic E-state index is 12.0. The summed E-state index contributed by atoms with van der Waals surface area (Å²) in [7, 11) is 0. The number of rotatable bonds is 4. The molecule has 0 aliphatic carbocycles. The van der Waals surface area contributed by atoms with Gasteiger partial charge in [0.05, 0.1) is 24.5 Å². The average molecular weight is 502 g/mol. The van der Waals surface area contributed by atoms with Crippen LogP contribution in [0.1, 0.15) is 11.4 Å². The van der Waals surface area contributed by atoms with Gasteiger partial charge in [0.25, 0.3) is 0 Å². The number of hydrogen-bond donors (Lipinski definition) is 2. The Morgan fingerprint density at radius 1 is 1.48 bits per heavy atom. The first kappa shape index (κ1) is 20.1. The van der Waals surface area contributed by atoms with E-state index in [1.54, 1.807) is 0 Å². The standard InChI is InChI=1S/C17H18N4O4S.HI/c1-9-12-3-2-11(7-22)20(12)5-4-19(9)6-10-8-26-16-13(18)15(23)21(16)14(10)17(24)25;/h2-5,13,16,22H,6-8,18H2,1H3;1H/t13?,16-;/m1./s1. The average Bonchev–Trinajstić information content (AvgIpc) is 3.06. The lowest BCUT2D eigenvalue weighted by Crippen LogP contribution is -2.69. The number of aliphatic carboxylic acids is 1. The van der Waals surface area contributed by atoms with Gasteiger partial charge in [-0.25, -0.2) is 0 Å². The summed E-state index contributed by atoms with van der Waals surface area (Å²) in [5.74, 6) is -1.25. The predicted molar refractivity (Wildman–Crippen MR) is 107 cm³/mol. The van der Waals surface area contributed by atoms with Crippen molar-refractivity contribution in [2.75, 3.05) is 5.75 Å². The van der Waals surface area contributed by atoms with E-state index in [0.29, 0.717) is 17.9 Å². The van der Waals surface area contributed by atoms with Gasteiger partial charge in [0.15, 0.2) is 12.7 Å². The second-order valence-corrected chi connectivity index (χ2v) is 7.53. The zero-order chi connectivity index (χ0) is 18.6. The van der Waals surface area contributed by atoms with Gasteiger partial charge in [0.2, 0.25) is 11.6 Å². The van der Waals surface area contributed by atoms with Crippen LogP contribution in [0.25, 0.3) is 5.52 Å². The van der Waals surface area contributed by atoms with Crippen molar-refractivity contribution in [3.63, 3.8) is 0 Å². The number of carbonyl (C=O) groups excluding carboxylic acids is 2. The number of carbonyl (C=O) groups is 2. The molecule has 1 unspecified atom stereocenters. The summed E-state index contributed by atoms with van der Waals surface area (Å²) < 4.78 is 3.82. The van der Waals surface area contributed by atoms with Crippen LogP contribution in [-0.4, -0.2) is 43.5 Å². The molecule has 4 rings (SSSR count). The summed E-state index contributed by atoms with van der Waals surface area (Å²) in [6, 6.07) is 3.11. The van der Waals surface area contributed by atoms with Crippen LogP contribution in [0, 0.1) is 6.92 Å². The van der Waals surface area contributed by atoms with Gasteiger partial charge in [-0.15, -0.1) is 35.7 Å². The molecule has 3 N–H and O–H groups in total. The molecule has 27 heavy (non-hydrogen) atoms. The second kappa shape index (κ2) is 7.41. The summed E-state index contributed by atoms with van der Waals surface area (Å²) in [6.45, 7) is 2.20. The van der Waals surface area contributed by atoms with Crippen molar-refractivity contribution >= 4 is 53.1 Å². The first-order valence-corrected chi connectivity index (χ1v) is 9.22. The smallest absolute Gasteiger partial charge is 0.248 e. The number of β-lactam (4-membered cyclic amide) rings is 1. The maximum Gasteiger partial charge on any atom is 0.248 e. The minimum atomic E-state index is -1.35. The third kappa shape index (κ3) is 3.04. The van der Waals surface area contributed by atoms with E-state index >= 15 is 0 Å². The first-order valence-electron chi connectivity index (χ1n) is 8.17. The number of aromatic nitrogens is 2. The fraction of sp³-hybridized carbons (Fsp3) is 0.353. The van der Waals surface area contributed by atoms with E-state index in [1.165, 1.54) is 16.7 Å². The van der Waals surface area contributed by atoms with Crippen LogP contribution in [0.3, 0.4) is 0 Å². The van der Waals surface area contributed by atoms with E-state index in [2.05, 4.69) is 0 Å². The number of amides is 1. The maximum atomic E-state index is 12.0. The van der Waals surface area contributed by atoms with Gasteiger partial charge in [-0.3, -0.25) is 9.69 Å². The van der Waals surface area contributed by atoms with Gasteiger partial charge in [-0.05, 0) is 12.1 Å². The monoisotopic (exact) mass is 502 g/mol. The summed E-state index contributed by atoms with van der Waals surface area (Å²) in [4.78, 5) is 24.9. The Morgan fingerprint density at radius 3 is 2.89 bits per heavy atom. The minimum Gasteiger partial charge on any atom is -0.543 e. The number of nitrogens with zero attached hydrogens (tertiary/aromatic N) is 3. The van der Waals surface area contributed by atoms with E-state index in [1.807, 2.05) is 40.4 Å². The summed E-state index contributed by atoms with van der Waals surface area (Å²) in [6.07, 6.45) is 3.67. The van der Waals surface area contributed by atoms with Crippen molar-refractivity contribution in [3.05, 3.63) is 47.2 Å². The normalized spacial score (nSPS) is 21.7. The SMILES string of the molecule is Cc1c2ccc(CO)n2cc[n+]1CC1=C(C(=O)[O-])N2C(=O)C(N)[C@H]2SC1.I. The molecule has 0 aromatic carbocycles. The van der Waals surface area contributed by atoms with Crippen molar-refractivity contribution < 1.29 is 24.4 Å². The zero-order valence-electron chi connectivity index (χ0n) is 14.5. The van der Waals surface area contributed by atoms with Crippen molar-refractivity contribution in [3.8, 4) is 0 Å². The second-order valence-electron chi connectivity index (χ2n) is 6.42. The molecule has 2 aromatic rings. The number of fused-ring (bicyclic) bond motifs is 2. The van der Waals surface area contributed by atoms with Gasteiger partial charge in [-0.1, -0.05) is 0 Å². The number of carboxylic acid groups (broad SMARTS) is 1. The third-order valence-corrected chi connectivity index (χ3v) is 6.37. The number of aliphatic hydroxyl groups is 1. The van der Waals surface area contributed by atoms with Crippen LogP contribution in [0.15, 0.2) is 35.8 Å². The van der Waals surface area contributed by atoms with E-state index in [-0.39, 0.29) is 47.6 Å². The van der Waals surface area contributed by atoms with Gasteiger partial charge in [0, 0.05) is 23.9 Å². The molecular weight excluding hydrogens is 483 g/mol. The van der Waals surface area contributed by atoms with Crippen molar-refractivity contribution in [1.29, 1.82) is 0 Å². The Bertz CT molecular complexity index is 973. The predicted octanol–water partition coefficient (Wildman–Crippen LogP) is -1.11. The third-order valence-electron chi connectivity index (χ3n) is 5.00. The van der Waals surface area contributed by atoms with E-state index in [0.717, 1.165) is 16.9 Å². The van der Waals surface area contributed by atoms with Crippen LogP contribution >= 0.6 is 35.7 Å². The lowest BCUT2D eigenvalue weighted by molar-refractivity contribution is -0.694. The van der Waals surface area contributed by atoms with E-state index < -0.39 is 12.0 Å². The Balaban J connectivity index is 0.00000210. The van der Waals surface area contributed by atoms with Gasteiger partial charge in [0.1, 0.15) is 16.9 Å². The minimum absolute atomic E-state index is 0. The van der Waals surface area contributed by atoms with Crippen LogP contribution in [0.4, 0.5) is 0 Å². The molecule has 144 valence electrons. The number of nitrogens with two attached hydrogens (primary N) is 1.